The maximum Gasteiger partial charge on any atom is 0.287 e. The Balaban J connectivity index is 2.54. The summed E-state index contributed by atoms with van der Waals surface area (Å²) in [6, 6.07) is 5.50. The molecule has 0 atom stereocenters. The standard InChI is InChI=1S/C14H20FNO3/c1-10(2)9-18-16-13(17)14(3,4)19-12-7-5-11(15)6-8-12/h5-8,10H,9H2,1-4H3,(H,16,17). The first-order valence-corrected chi connectivity index (χ1v) is 6.18. The minimum atomic E-state index is -1.10. The van der Waals surface area contributed by atoms with Gasteiger partial charge in [-0.15, -0.1) is 0 Å². The predicted molar refractivity (Wildman–Crippen MR) is 70.0 cm³/mol. The summed E-state index contributed by atoms with van der Waals surface area (Å²) in [5, 5.41) is 0. The molecule has 0 saturated carbocycles. The van der Waals surface area contributed by atoms with Crippen LogP contribution in [-0.4, -0.2) is 18.1 Å². The van der Waals surface area contributed by atoms with E-state index >= 15 is 0 Å². The van der Waals surface area contributed by atoms with Crippen molar-refractivity contribution in [1.29, 1.82) is 0 Å². The quantitative estimate of drug-likeness (QED) is 0.808. The maximum absolute atomic E-state index is 12.8. The van der Waals surface area contributed by atoms with Crippen molar-refractivity contribution >= 4 is 5.91 Å². The zero-order chi connectivity index (χ0) is 14.5. The van der Waals surface area contributed by atoms with Gasteiger partial charge < -0.3 is 4.74 Å². The second kappa shape index (κ2) is 6.52. The number of carbonyl (C=O) groups excluding carboxylic acids is 1. The van der Waals surface area contributed by atoms with Gasteiger partial charge in [-0.3, -0.25) is 9.63 Å². The highest BCUT2D eigenvalue weighted by Gasteiger charge is 2.30. The minimum absolute atomic E-state index is 0.321. The molecule has 0 aliphatic heterocycles. The molecule has 0 bridgehead atoms. The SMILES string of the molecule is CC(C)CONC(=O)C(C)(C)Oc1ccc(F)cc1. The lowest BCUT2D eigenvalue weighted by molar-refractivity contribution is -0.148. The van der Waals surface area contributed by atoms with E-state index in [1.165, 1.54) is 24.3 Å². The van der Waals surface area contributed by atoms with Crippen molar-refractivity contribution in [2.24, 2.45) is 5.92 Å². The van der Waals surface area contributed by atoms with E-state index in [0.717, 1.165) is 0 Å². The van der Waals surface area contributed by atoms with Crippen molar-refractivity contribution in [2.75, 3.05) is 6.61 Å². The fraction of sp³-hybridized carbons (Fsp3) is 0.500. The zero-order valence-electron chi connectivity index (χ0n) is 11.7. The van der Waals surface area contributed by atoms with Gasteiger partial charge in [-0.05, 0) is 44.0 Å². The Morgan fingerprint density at radius 2 is 1.89 bits per heavy atom. The summed E-state index contributed by atoms with van der Waals surface area (Å²) in [4.78, 5) is 16.9. The van der Waals surface area contributed by atoms with Crippen LogP contribution in [-0.2, 0) is 9.63 Å². The zero-order valence-corrected chi connectivity index (χ0v) is 11.7. The van der Waals surface area contributed by atoms with Crippen LogP contribution in [0.2, 0.25) is 0 Å². The molecule has 1 rings (SSSR count). The number of nitrogens with one attached hydrogen (secondary N) is 1. The maximum atomic E-state index is 12.8. The Labute approximate surface area is 112 Å². The predicted octanol–water partition coefficient (Wildman–Crippen LogP) is 2.69. The van der Waals surface area contributed by atoms with Crippen LogP contribution in [0.3, 0.4) is 0 Å². The van der Waals surface area contributed by atoms with Crippen LogP contribution in [0.15, 0.2) is 24.3 Å². The Morgan fingerprint density at radius 3 is 2.42 bits per heavy atom. The largest absolute Gasteiger partial charge is 0.478 e. The number of ether oxygens (including phenoxy) is 1. The fourth-order valence-electron chi connectivity index (χ4n) is 1.24. The lowest BCUT2D eigenvalue weighted by atomic mass is 10.1. The molecule has 0 aliphatic carbocycles. The smallest absolute Gasteiger partial charge is 0.287 e. The Kier molecular flexibility index (Phi) is 5.30. The normalized spacial score (nSPS) is 11.5. The van der Waals surface area contributed by atoms with Gasteiger partial charge in [0.1, 0.15) is 11.6 Å². The number of hydrogen-bond donors (Lipinski definition) is 1. The number of amides is 1. The third kappa shape index (κ3) is 5.26. The molecule has 19 heavy (non-hydrogen) atoms. The summed E-state index contributed by atoms with van der Waals surface area (Å²) in [6.07, 6.45) is 0. The molecule has 0 fully saturated rings. The van der Waals surface area contributed by atoms with Crippen LogP contribution in [0.4, 0.5) is 4.39 Å². The minimum Gasteiger partial charge on any atom is -0.478 e. The van der Waals surface area contributed by atoms with Crippen LogP contribution in [0.5, 0.6) is 5.75 Å². The molecule has 0 aromatic heterocycles. The molecule has 1 aromatic rings. The highest BCUT2D eigenvalue weighted by Crippen LogP contribution is 2.18. The van der Waals surface area contributed by atoms with Gasteiger partial charge in [0.25, 0.3) is 5.91 Å². The van der Waals surface area contributed by atoms with Crippen molar-refractivity contribution in [1.82, 2.24) is 5.48 Å². The monoisotopic (exact) mass is 269 g/mol. The third-order valence-corrected chi connectivity index (χ3v) is 2.31. The number of carbonyl (C=O) groups is 1. The average Bonchev–Trinajstić information content (AvgIpc) is 2.31. The lowest BCUT2D eigenvalue weighted by Crippen LogP contribution is -2.46. The van der Waals surface area contributed by atoms with Gasteiger partial charge in [0.2, 0.25) is 0 Å². The van der Waals surface area contributed by atoms with Gasteiger partial charge in [0.15, 0.2) is 5.60 Å². The summed E-state index contributed by atoms with van der Waals surface area (Å²) in [5.74, 6) is -0.000752. The summed E-state index contributed by atoms with van der Waals surface area (Å²) < 4.78 is 18.3. The molecule has 0 unspecified atom stereocenters. The molecule has 1 aromatic carbocycles. The van der Waals surface area contributed by atoms with Gasteiger partial charge >= 0.3 is 0 Å². The molecule has 106 valence electrons. The molecule has 0 saturated heterocycles. The van der Waals surface area contributed by atoms with Crippen LogP contribution < -0.4 is 10.2 Å². The first kappa shape index (κ1) is 15.4. The molecule has 1 N–H and O–H groups in total. The van der Waals surface area contributed by atoms with Gasteiger partial charge in [0, 0.05) is 0 Å². The van der Waals surface area contributed by atoms with E-state index in [0.29, 0.717) is 18.3 Å². The molecule has 0 radical (unpaired) electrons. The summed E-state index contributed by atoms with van der Waals surface area (Å²) in [6.45, 7) is 7.62. The Bertz CT molecular complexity index is 415. The first-order valence-electron chi connectivity index (χ1n) is 6.18. The first-order chi connectivity index (χ1) is 8.81. The lowest BCUT2D eigenvalue weighted by Gasteiger charge is -2.25. The summed E-state index contributed by atoms with van der Waals surface area (Å²) in [7, 11) is 0. The summed E-state index contributed by atoms with van der Waals surface area (Å²) >= 11 is 0. The number of hydroxylamine groups is 1. The number of rotatable bonds is 6. The van der Waals surface area contributed by atoms with Gasteiger partial charge in [-0.2, -0.15) is 0 Å². The summed E-state index contributed by atoms with van der Waals surface area (Å²) in [5.41, 5.74) is 1.25. The highest BCUT2D eigenvalue weighted by atomic mass is 19.1. The number of halogens is 1. The van der Waals surface area contributed by atoms with Crippen molar-refractivity contribution in [3.63, 3.8) is 0 Å². The number of benzene rings is 1. The molecular formula is C14H20FNO3. The van der Waals surface area contributed by atoms with E-state index in [9.17, 15) is 9.18 Å². The highest BCUT2D eigenvalue weighted by molar-refractivity contribution is 5.83. The van der Waals surface area contributed by atoms with Crippen LogP contribution in [0, 0.1) is 11.7 Å². The van der Waals surface area contributed by atoms with E-state index in [4.69, 9.17) is 9.57 Å². The Hall–Kier alpha value is -1.62. The van der Waals surface area contributed by atoms with E-state index in [2.05, 4.69) is 5.48 Å². The fourth-order valence-corrected chi connectivity index (χ4v) is 1.24. The van der Waals surface area contributed by atoms with Crippen LogP contribution >= 0.6 is 0 Å². The van der Waals surface area contributed by atoms with E-state index in [-0.39, 0.29) is 5.82 Å². The molecule has 1 amide bonds. The van der Waals surface area contributed by atoms with Crippen molar-refractivity contribution in [3.05, 3.63) is 30.1 Å². The molecule has 4 nitrogen and oxygen atoms in total. The molecule has 0 heterocycles. The number of hydrogen-bond acceptors (Lipinski definition) is 3. The van der Waals surface area contributed by atoms with Crippen molar-refractivity contribution in [2.45, 2.75) is 33.3 Å². The van der Waals surface area contributed by atoms with Crippen molar-refractivity contribution < 1.29 is 18.8 Å². The molecular weight excluding hydrogens is 249 g/mol. The second-order valence-electron chi connectivity index (χ2n) is 5.20. The van der Waals surface area contributed by atoms with E-state index in [1.807, 2.05) is 13.8 Å². The van der Waals surface area contributed by atoms with Crippen LogP contribution in [0.25, 0.3) is 0 Å². The van der Waals surface area contributed by atoms with Gasteiger partial charge in [0.05, 0.1) is 6.61 Å². The average molecular weight is 269 g/mol. The van der Waals surface area contributed by atoms with Gasteiger partial charge in [-0.25, -0.2) is 9.87 Å². The van der Waals surface area contributed by atoms with E-state index < -0.39 is 11.5 Å². The topological polar surface area (TPSA) is 47.6 Å². The second-order valence-corrected chi connectivity index (χ2v) is 5.20. The molecule has 5 heteroatoms. The van der Waals surface area contributed by atoms with E-state index in [1.54, 1.807) is 13.8 Å². The molecule has 0 spiro atoms. The van der Waals surface area contributed by atoms with Crippen molar-refractivity contribution in [3.8, 4) is 5.75 Å². The molecule has 0 aliphatic rings. The van der Waals surface area contributed by atoms with Gasteiger partial charge in [-0.1, -0.05) is 13.8 Å². The third-order valence-electron chi connectivity index (χ3n) is 2.31. The Morgan fingerprint density at radius 1 is 1.32 bits per heavy atom. The van der Waals surface area contributed by atoms with Crippen LogP contribution in [0.1, 0.15) is 27.7 Å².